The van der Waals surface area contributed by atoms with Crippen molar-refractivity contribution >= 4 is 30.4 Å². The third kappa shape index (κ3) is 4.72. The van der Waals surface area contributed by atoms with E-state index in [0.29, 0.717) is 53.4 Å². The molecule has 148 valence electrons. The number of fused-ring (bicyclic) bond motifs is 1. The van der Waals surface area contributed by atoms with Gasteiger partial charge in [0.05, 0.1) is 24.7 Å². The maximum Gasteiger partial charge on any atom is 0.329 e. The molecule has 0 radical (unpaired) electrons. The van der Waals surface area contributed by atoms with Crippen molar-refractivity contribution < 1.29 is 23.9 Å². The summed E-state index contributed by atoms with van der Waals surface area (Å²) in [4.78, 5) is 42.3. The number of Topliss-reactive ketones (excluding diaryl/α,β-unsaturated/α-hetero) is 1. The number of hydrogen-bond donors (Lipinski definition) is 3. The number of carbonyl (C=O) groups is 1. The number of ether oxygens (including phenoxy) is 1. The molecule has 0 amide bonds. The van der Waals surface area contributed by atoms with E-state index in [1.807, 2.05) is 4.57 Å². The summed E-state index contributed by atoms with van der Waals surface area (Å²) in [5.74, 6) is 0.459. The highest BCUT2D eigenvalue weighted by molar-refractivity contribution is 7.50. The van der Waals surface area contributed by atoms with Crippen LogP contribution in [0, 0.1) is 0 Å². The molecule has 2 heterocycles. The molecule has 3 aromatic rings. The number of anilines is 1. The molecule has 0 aliphatic rings. The van der Waals surface area contributed by atoms with Crippen LogP contribution in [0.4, 0.5) is 5.82 Å². The summed E-state index contributed by atoms with van der Waals surface area (Å²) in [5, 5.41) is 0. The normalized spacial score (nSPS) is 11.7. The predicted octanol–water partition coefficient (Wildman–Crippen LogP) is 1.76. The lowest BCUT2D eigenvalue weighted by atomic mass is 10.1. The number of carbonyl (C=O) groups excluding carboxylic acids is 1. The van der Waals surface area contributed by atoms with Crippen LogP contribution in [-0.2, 0) is 17.3 Å². The third-order valence-electron chi connectivity index (χ3n) is 4.04. The molecule has 0 aliphatic carbocycles. The summed E-state index contributed by atoms with van der Waals surface area (Å²) in [7, 11) is -4.21. The molecule has 11 heteroatoms. The second kappa shape index (κ2) is 8.05. The molecule has 0 bridgehead atoms. The van der Waals surface area contributed by atoms with Crippen LogP contribution < -0.4 is 10.5 Å². The van der Waals surface area contributed by atoms with Crippen LogP contribution in [0.3, 0.4) is 0 Å². The quantitative estimate of drug-likeness (QED) is 0.289. The fraction of sp³-hybridized carbons (Fsp3) is 0.294. The lowest BCUT2D eigenvalue weighted by Gasteiger charge is -2.12. The molecule has 0 atom stereocenters. The number of imidazole rings is 1. The number of benzene rings is 1. The van der Waals surface area contributed by atoms with Crippen LogP contribution in [0.1, 0.15) is 29.3 Å². The highest BCUT2D eigenvalue weighted by Crippen LogP contribution is 2.39. The van der Waals surface area contributed by atoms with E-state index in [0.717, 1.165) is 0 Å². The van der Waals surface area contributed by atoms with Gasteiger partial charge in [-0.05, 0) is 31.0 Å². The monoisotopic (exact) mass is 405 g/mol. The summed E-state index contributed by atoms with van der Waals surface area (Å²) >= 11 is 0. The lowest BCUT2D eigenvalue weighted by molar-refractivity contribution is 0.101. The average molecular weight is 405 g/mol. The molecule has 0 unspecified atom stereocenters. The minimum atomic E-state index is -4.21. The van der Waals surface area contributed by atoms with Gasteiger partial charge >= 0.3 is 7.60 Å². The Morgan fingerprint density at radius 2 is 2.07 bits per heavy atom. The average Bonchev–Trinajstić information content (AvgIpc) is 3.02. The van der Waals surface area contributed by atoms with Crippen molar-refractivity contribution in [2.45, 2.75) is 26.1 Å². The molecular weight excluding hydrogens is 385 g/mol. The Kier molecular flexibility index (Phi) is 5.73. The molecule has 3 rings (SSSR count). The maximum absolute atomic E-state index is 11.9. The molecule has 10 nitrogen and oxygen atoms in total. The molecule has 0 saturated carbocycles. The molecule has 1 aromatic carbocycles. The van der Waals surface area contributed by atoms with Gasteiger partial charge in [0.25, 0.3) is 0 Å². The van der Waals surface area contributed by atoms with Crippen LogP contribution >= 0.6 is 7.60 Å². The zero-order valence-corrected chi connectivity index (χ0v) is 16.0. The Morgan fingerprint density at radius 1 is 1.29 bits per heavy atom. The Bertz CT molecular complexity index is 1060. The van der Waals surface area contributed by atoms with Crippen molar-refractivity contribution in [1.29, 1.82) is 0 Å². The topological polar surface area (TPSA) is 153 Å². The first-order valence-corrected chi connectivity index (χ1v) is 10.3. The van der Waals surface area contributed by atoms with Gasteiger partial charge in [-0.25, -0.2) is 15.0 Å². The summed E-state index contributed by atoms with van der Waals surface area (Å²) in [6.07, 6.45) is 3.21. The summed E-state index contributed by atoms with van der Waals surface area (Å²) < 4.78 is 18.7. The van der Waals surface area contributed by atoms with Gasteiger partial charge in [-0.1, -0.05) is 6.07 Å². The molecule has 0 fully saturated rings. The lowest BCUT2D eigenvalue weighted by Crippen LogP contribution is -2.07. The number of hydrogen-bond acceptors (Lipinski definition) is 7. The Balaban J connectivity index is 1.64. The van der Waals surface area contributed by atoms with E-state index < -0.39 is 13.8 Å². The summed E-state index contributed by atoms with van der Waals surface area (Å²) in [6.45, 7) is 2.29. The highest BCUT2D eigenvalue weighted by Gasteiger charge is 2.17. The van der Waals surface area contributed by atoms with E-state index in [2.05, 4.69) is 15.0 Å². The Morgan fingerprint density at radius 3 is 2.79 bits per heavy atom. The first kappa shape index (κ1) is 19.9. The van der Waals surface area contributed by atoms with E-state index >= 15 is 0 Å². The van der Waals surface area contributed by atoms with Gasteiger partial charge in [-0.2, -0.15) is 0 Å². The Labute approximate surface area is 160 Å². The molecule has 28 heavy (non-hydrogen) atoms. The number of nitrogens with zero attached hydrogens (tertiary/aromatic N) is 4. The predicted molar refractivity (Wildman–Crippen MR) is 102 cm³/mol. The third-order valence-corrected chi connectivity index (χ3v) is 4.82. The molecule has 0 spiro atoms. The van der Waals surface area contributed by atoms with E-state index in [-0.39, 0.29) is 5.78 Å². The second-order valence-electron chi connectivity index (χ2n) is 6.28. The largest absolute Gasteiger partial charge is 0.493 e. The van der Waals surface area contributed by atoms with Crippen molar-refractivity contribution in [2.24, 2.45) is 0 Å². The van der Waals surface area contributed by atoms with Crippen molar-refractivity contribution in [3.05, 3.63) is 42.0 Å². The van der Waals surface area contributed by atoms with E-state index in [9.17, 15) is 9.36 Å². The Hall–Kier alpha value is -2.81. The number of nitrogen functional groups attached to an aromatic ring is 1. The zero-order valence-electron chi connectivity index (χ0n) is 15.1. The van der Waals surface area contributed by atoms with Crippen LogP contribution in [0.2, 0.25) is 0 Å². The SMILES string of the molecule is CC(=O)c1cc(CP(=O)(O)O)ccc1OCCCn1cnc2c(N)ncnc21. The minimum absolute atomic E-state index is 0.240. The van der Waals surface area contributed by atoms with E-state index in [1.54, 1.807) is 18.5 Å². The van der Waals surface area contributed by atoms with Gasteiger partial charge in [-0.15, -0.1) is 0 Å². The first-order valence-electron chi connectivity index (χ1n) is 8.47. The number of aromatic nitrogens is 4. The van der Waals surface area contributed by atoms with Gasteiger partial charge in [0.15, 0.2) is 17.2 Å². The van der Waals surface area contributed by atoms with Crippen molar-refractivity contribution in [3.8, 4) is 5.75 Å². The molecule has 0 aliphatic heterocycles. The standard InChI is InChI=1S/C17H20N5O5P/c1-11(23)13-7-12(8-28(24,25)26)3-4-14(13)27-6-2-5-22-10-21-15-16(18)19-9-20-17(15)22/h3-4,7,9-10H,2,5-6,8H2,1H3,(H2,18,19,20)(H2,24,25,26). The van der Waals surface area contributed by atoms with Crippen LogP contribution in [-0.4, -0.2) is 41.7 Å². The fourth-order valence-electron chi connectivity index (χ4n) is 2.79. The second-order valence-corrected chi connectivity index (χ2v) is 7.93. The van der Waals surface area contributed by atoms with Crippen molar-refractivity contribution in [3.63, 3.8) is 0 Å². The van der Waals surface area contributed by atoms with Gasteiger partial charge in [0, 0.05) is 6.54 Å². The number of ketones is 1. The number of nitrogens with two attached hydrogens (primary N) is 1. The summed E-state index contributed by atoms with van der Waals surface area (Å²) in [5.41, 5.74) is 7.62. The van der Waals surface area contributed by atoms with Crippen LogP contribution in [0.5, 0.6) is 5.75 Å². The number of rotatable bonds is 8. The highest BCUT2D eigenvalue weighted by atomic mass is 31.2. The smallest absolute Gasteiger partial charge is 0.329 e. The molecule has 2 aromatic heterocycles. The van der Waals surface area contributed by atoms with Crippen molar-refractivity contribution in [1.82, 2.24) is 19.5 Å². The van der Waals surface area contributed by atoms with Crippen LogP contribution in [0.15, 0.2) is 30.9 Å². The zero-order chi connectivity index (χ0) is 20.3. The minimum Gasteiger partial charge on any atom is -0.493 e. The van der Waals surface area contributed by atoms with E-state index in [4.69, 9.17) is 20.3 Å². The first-order chi connectivity index (χ1) is 13.2. The molecule has 4 N–H and O–H groups in total. The van der Waals surface area contributed by atoms with Gasteiger partial charge in [0.1, 0.15) is 17.6 Å². The van der Waals surface area contributed by atoms with Crippen molar-refractivity contribution in [2.75, 3.05) is 12.3 Å². The van der Waals surface area contributed by atoms with Gasteiger partial charge in [-0.3, -0.25) is 9.36 Å². The molecule has 0 saturated heterocycles. The number of aryl methyl sites for hydroxylation is 1. The fourth-order valence-corrected chi connectivity index (χ4v) is 3.47. The van der Waals surface area contributed by atoms with Crippen LogP contribution in [0.25, 0.3) is 11.2 Å². The van der Waals surface area contributed by atoms with E-state index in [1.165, 1.54) is 19.3 Å². The summed E-state index contributed by atoms with van der Waals surface area (Å²) in [6, 6.07) is 4.56. The van der Waals surface area contributed by atoms with Gasteiger partial charge in [0.2, 0.25) is 0 Å². The van der Waals surface area contributed by atoms with Gasteiger partial charge < -0.3 is 24.8 Å². The maximum atomic E-state index is 11.9. The molecular formula is C17H20N5O5P.